The van der Waals surface area contributed by atoms with E-state index in [0.717, 1.165) is 11.3 Å². The molecule has 0 unspecified atom stereocenters. The molecule has 0 aliphatic heterocycles. The number of nitro benzene ring substituents is 1. The van der Waals surface area contributed by atoms with Crippen LogP contribution in [0.1, 0.15) is 31.1 Å². The Labute approximate surface area is 162 Å². The normalized spacial score (nSPS) is 11.1. The van der Waals surface area contributed by atoms with Crippen molar-refractivity contribution >= 4 is 23.4 Å². The van der Waals surface area contributed by atoms with E-state index in [-0.39, 0.29) is 17.5 Å². The monoisotopic (exact) mass is 376 g/mol. The lowest BCUT2D eigenvalue weighted by Gasteiger charge is -2.12. The van der Waals surface area contributed by atoms with E-state index in [1.165, 1.54) is 18.2 Å². The van der Waals surface area contributed by atoms with E-state index >= 15 is 0 Å². The van der Waals surface area contributed by atoms with E-state index in [9.17, 15) is 14.9 Å². The highest BCUT2D eigenvalue weighted by Gasteiger charge is 2.16. The van der Waals surface area contributed by atoms with Crippen LogP contribution >= 0.6 is 0 Å². The lowest BCUT2D eigenvalue weighted by atomic mass is 10.0. The largest absolute Gasteiger partial charge is 0.456 e. The summed E-state index contributed by atoms with van der Waals surface area (Å²) in [7, 11) is 0. The van der Waals surface area contributed by atoms with Gasteiger partial charge in [-0.25, -0.2) is 0 Å². The molecule has 2 aromatic carbocycles. The average molecular weight is 376 g/mol. The molecule has 0 atom stereocenters. The summed E-state index contributed by atoms with van der Waals surface area (Å²) in [5, 5.41) is 14.0. The van der Waals surface area contributed by atoms with Crippen LogP contribution in [0.25, 0.3) is 17.4 Å². The van der Waals surface area contributed by atoms with E-state index in [2.05, 4.69) is 19.2 Å². The molecular weight excluding hydrogens is 356 g/mol. The molecule has 0 bridgehead atoms. The maximum Gasteiger partial charge on any atom is 0.280 e. The number of nitrogens with zero attached hydrogens (tertiary/aromatic N) is 1. The van der Waals surface area contributed by atoms with Crippen LogP contribution in [0, 0.1) is 10.1 Å². The Morgan fingerprint density at radius 3 is 2.54 bits per heavy atom. The van der Waals surface area contributed by atoms with Gasteiger partial charge in [-0.05, 0) is 41.8 Å². The van der Waals surface area contributed by atoms with Crippen LogP contribution in [0.4, 0.5) is 11.4 Å². The molecule has 0 saturated carbocycles. The van der Waals surface area contributed by atoms with Crippen LogP contribution in [-0.4, -0.2) is 10.8 Å². The third-order valence-electron chi connectivity index (χ3n) is 4.23. The highest BCUT2D eigenvalue weighted by atomic mass is 16.6. The maximum atomic E-state index is 12.3. The van der Waals surface area contributed by atoms with Crippen LogP contribution < -0.4 is 5.32 Å². The van der Waals surface area contributed by atoms with Gasteiger partial charge < -0.3 is 9.73 Å². The number of hydrogen-bond acceptors (Lipinski definition) is 4. The summed E-state index contributed by atoms with van der Waals surface area (Å²) in [6, 6.07) is 17.3. The number of nitro groups is 1. The fourth-order valence-electron chi connectivity index (χ4n) is 2.87. The van der Waals surface area contributed by atoms with E-state index < -0.39 is 4.92 Å². The third kappa shape index (κ3) is 4.35. The summed E-state index contributed by atoms with van der Waals surface area (Å²) in [5.74, 6) is 0.810. The van der Waals surface area contributed by atoms with Crippen molar-refractivity contribution in [3.63, 3.8) is 0 Å². The molecule has 1 aromatic heterocycles. The quantitative estimate of drug-likeness (QED) is 0.343. The van der Waals surface area contributed by atoms with Crippen LogP contribution in [0.3, 0.4) is 0 Å². The number of carbonyl (C=O) groups excluding carboxylic acids is 1. The smallest absolute Gasteiger partial charge is 0.280 e. The summed E-state index contributed by atoms with van der Waals surface area (Å²) < 4.78 is 5.65. The number of anilines is 1. The molecule has 0 aliphatic carbocycles. The predicted octanol–water partition coefficient (Wildman–Crippen LogP) is 5.63. The van der Waals surface area contributed by atoms with Gasteiger partial charge in [-0.3, -0.25) is 14.9 Å². The number of hydrogen-bond donors (Lipinski definition) is 1. The molecule has 3 aromatic rings. The van der Waals surface area contributed by atoms with Gasteiger partial charge in [-0.15, -0.1) is 0 Å². The summed E-state index contributed by atoms with van der Waals surface area (Å²) in [5.41, 5.74) is 2.19. The van der Waals surface area contributed by atoms with Gasteiger partial charge in [0, 0.05) is 17.8 Å². The van der Waals surface area contributed by atoms with Crippen molar-refractivity contribution in [1.82, 2.24) is 0 Å². The SMILES string of the molecule is CC(C)c1ccccc1NC(=O)/C=C/c1ccc(-c2ccccc2[N+](=O)[O-])o1. The number of para-hydroxylation sites is 2. The number of carbonyl (C=O) groups is 1. The second kappa shape index (κ2) is 8.35. The Kier molecular flexibility index (Phi) is 5.69. The first-order valence-electron chi connectivity index (χ1n) is 8.87. The molecule has 1 amide bonds. The first-order valence-corrected chi connectivity index (χ1v) is 8.87. The van der Waals surface area contributed by atoms with Crippen molar-refractivity contribution in [2.75, 3.05) is 5.32 Å². The molecule has 0 aliphatic rings. The van der Waals surface area contributed by atoms with Gasteiger partial charge in [0.15, 0.2) is 0 Å². The maximum absolute atomic E-state index is 12.3. The van der Waals surface area contributed by atoms with Crippen molar-refractivity contribution in [3.05, 3.63) is 88.2 Å². The number of amides is 1. The second-order valence-electron chi connectivity index (χ2n) is 6.54. The van der Waals surface area contributed by atoms with Gasteiger partial charge in [0.25, 0.3) is 5.69 Å². The summed E-state index contributed by atoms with van der Waals surface area (Å²) >= 11 is 0. The standard InChI is InChI=1S/C22H20N2O4/c1-15(2)17-7-3-5-9-19(17)23-22(25)14-12-16-11-13-21(28-16)18-8-4-6-10-20(18)24(26)27/h3-15H,1-2H3,(H,23,25)/b14-12+. The van der Waals surface area contributed by atoms with E-state index in [1.54, 1.807) is 30.3 Å². The minimum atomic E-state index is -0.451. The molecule has 3 rings (SSSR count). The van der Waals surface area contributed by atoms with E-state index in [1.807, 2.05) is 24.3 Å². The highest BCUT2D eigenvalue weighted by Crippen LogP contribution is 2.31. The molecule has 6 heteroatoms. The van der Waals surface area contributed by atoms with Gasteiger partial charge in [0.1, 0.15) is 11.5 Å². The fourth-order valence-corrected chi connectivity index (χ4v) is 2.87. The average Bonchev–Trinajstić information content (AvgIpc) is 3.15. The van der Waals surface area contributed by atoms with Crippen molar-refractivity contribution in [1.29, 1.82) is 0 Å². The Balaban J connectivity index is 1.75. The zero-order valence-corrected chi connectivity index (χ0v) is 15.6. The highest BCUT2D eigenvalue weighted by molar-refractivity contribution is 6.02. The topological polar surface area (TPSA) is 85.4 Å². The van der Waals surface area contributed by atoms with Gasteiger partial charge >= 0.3 is 0 Å². The molecule has 1 N–H and O–H groups in total. The minimum absolute atomic E-state index is 0.0320. The second-order valence-corrected chi connectivity index (χ2v) is 6.54. The van der Waals surface area contributed by atoms with Gasteiger partial charge in [0.2, 0.25) is 5.91 Å². The summed E-state index contributed by atoms with van der Waals surface area (Å²) in [6.07, 6.45) is 2.91. The Morgan fingerprint density at radius 1 is 1.07 bits per heavy atom. The lowest BCUT2D eigenvalue weighted by Crippen LogP contribution is -2.10. The van der Waals surface area contributed by atoms with E-state index in [4.69, 9.17) is 4.42 Å². The van der Waals surface area contributed by atoms with Crippen molar-refractivity contribution in [3.8, 4) is 11.3 Å². The number of benzene rings is 2. The molecule has 0 saturated heterocycles. The van der Waals surface area contributed by atoms with Crippen molar-refractivity contribution in [2.45, 2.75) is 19.8 Å². The molecule has 0 spiro atoms. The van der Waals surface area contributed by atoms with Crippen LogP contribution in [-0.2, 0) is 4.79 Å². The molecule has 0 fully saturated rings. The summed E-state index contributed by atoms with van der Waals surface area (Å²) in [6.45, 7) is 4.13. The van der Waals surface area contributed by atoms with E-state index in [0.29, 0.717) is 17.1 Å². The zero-order chi connectivity index (χ0) is 20.1. The first-order chi connectivity index (χ1) is 13.5. The molecule has 0 radical (unpaired) electrons. The van der Waals surface area contributed by atoms with Crippen LogP contribution in [0.5, 0.6) is 0 Å². The van der Waals surface area contributed by atoms with Crippen LogP contribution in [0.15, 0.2) is 71.2 Å². The predicted molar refractivity (Wildman–Crippen MR) is 109 cm³/mol. The van der Waals surface area contributed by atoms with Crippen molar-refractivity contribution in [2.24, 2.45) is 0 Å². The number of furan rings is 1. The Morgan fingerprint density at radius 2 is 1.79 bits per heavy atom. The first kappa shape index (κ1) is 19.1. The third-order valence-corrected chi connectivity index (χ3v) is 4.23. The van der Waals surface area contributed by atoms with Gasteiger partial charge in [0.05, 0.1) is 10.5 Å². The zero-order valence-electron chi connectivity index (χ0n) is 15.6. The number of rotatable bonds is 6. The Bertz CT molecular complexity index is 1030. The van der Waals surface area contributed by atoms with Crippen LogP contribution in [0.2, 0.25) is 0 Å². The molecule has 28 heavy (non-hydrogen) atoms. The van der Waals surface area contributed by atoms with Gasteiger partial charge in [-0.2, -0.15) is 0 Å². The fraction of sp³-hybridized carbons (Fsp3) is 0.136. The number of nitrogens with one attached hydrogen (secondary N) is 1. The molecular formula is C22H20N2O4. The Hall–Kier alpha value is -3.67. The molecule has 6 nitrogen and oxygen atoms in total. The minimum Gasteiger partial charge on any atom is -0.456 e. The summed E-state index contributed by atoms with van der Waals surface area (Å²) in [4.78, 5) is 23.0. The van der Waals surface area contributed by atoms with Gasteiger partial charge in [-0.1, -0.05) is 44.2 Å². The van der Waals surface area contributed by atoms with Crippen molar-refractivity contribution < 1.29 is 14.1 Å². The molecule has 1 heterocycles. The molecule has 142 valence electrons. The lowest BCUT2D eigenvalue weighted by molar-refractivity contribution is -0.384.